The van der Waals surface area contributed by atoms with Crippen molar-refractivity contribution < 1.29 is 9.47 Å². The van der Waals surface area contributed by atoms with E-state index in [1.807, 2.05) is 54.2 Å². The minimum absolute atomic E-state index is 0.865. The Morgan fingerprint density at radius 2 is 1.54 bits per heavy atom. The van der Waals surface area contributed by atoms with Gasteiger partial charge in [-0.15, -0.1) is 17.5 Å². The molecular formula is C21H24O2S. The molecule has 0 amide bonds. The van der Waals surface area contributed by atoms with Gasteiger partial charge in [-0.25, -0.2) is 0 Å². The molecule has 3 heteroatoms. The van der Waals surface area contributed by atoms with Gasteiger partial charge in [0.15, 0.2) is 0 Å². The van der Waals surface area contributed by atoms with E-state index in [-0.39, 0.29) is 0 Å². The Bertz CT molecular complexity index is 681. The predicted octanol–water partition coefficient (Wildman–Crippen LogP) is 5.89. The third kappa shape index (κ3) is 5.52. The summed E-state index contributed by atoms with van der Waals surface area (Å²) in [7, 11) is 3.36. The second-order valence-corrected chi connectivity index (χ2v) is 6.43. The summed E-state index contributed by atoms with van der Waals surface area (Å²) in [5, 5.41) is 0. The molecule has 0 unspecified atom stereocenters. The first-order valence-electron chi connectivity index (χ1n) is 8.14. The van der Waals surface area contributed by atoms with Crippen molar-refractivity contribution in [3.63, 3.8) is 0 Å². The van der Waals surface area contributed by atoms with Crippen molar-refractivity contribution in [2.75, 3.05) is 20.0 Å². The van der Waals surface area contributed by atoms with Crippen LogP contribution in [-0.4, -0.2) is 20.0 Å². The lowest BCUT2D eigenvalue weighted by atomic mass is 10.2. The number of methoxy groups -OCH3 is 2. The summed E-state index contributed by atoms with van der Waals surface area (Å²) in [6.45, 7) is 2.21. The lowest BCUT2D eigenvalue weighted by molar-refractivity contribution is 0.414. The maximum absolute atomic E-state index is 5.24. The molecule has 0 saturated carbocycles. The molecule has 0 spiro atoms. The molecule has 0 aliphatic heterocycles. The highest BCUT2D eigenvalue weighted by atomic mass is 32.2. The SMILES string of the molecule is CCCCSC(=C=Cc1ccc(OC)cc1)c1ccc(OC)cc1. The molecule has 0 radical (unpaired) electrons. The molecule has 0 N–H and O–H groups in total. The van der Waals surface area contributed by atoms with Gasteiger partial charge in [0.05, 0.1) is 19.1 Å². The van der Waals surface area contributed by atoms with E-state index in [0.29, 0.717) is 0 Å². The molecule has 2 aromatic carbocycles. The van der Waals surface area contributed by atoms with Crippen LogP contribution in [0.1, 0.15) is 30.9 Å². The summed E-state index contributed by atoms with van der Waals surface area (Å²) in [6.07, 6.45) is 4.43. The van der Waals surface area contributed by atoms with Gasteiger partial charge in [0.1, 0.15) is 11.5 Å². The quantitative estimate of drug-likeness (QED) is 0.441. The predicted molar refractivity (Wildman–Crippen MR) is 105 cm³/mol. The summed E-state index contributed by atoms with van der Waals surface area (Å²) in [5.74, 6) is 2.83. The lowest BCUT2D eigenvalue weighted by Crippen LogP contribution is -1.85. The van der Waals surface area contributed by atoms with Gasteiger partial charge in [0.25, 0.3) is 0 Å². The molecule has 2 nitrogen and oxygen atoms in total. The largest absolute Gasteiger partial charge is 0.497 e. The van der Waals surface area contributed by atoms with Crippen LogP contribution < -0.4 is 9.47 Å². The summed E-state index contributed by atoms with van der Waals surface area (Å²) in [4.78, 5) is 1.15. The van der Waals surface area contributed by atoms with Crippen molar-refractivity contribution in [2.45, 2.75) is 19.8 Å². The molecular weight excluding hydrogens is 316 g/mol. The molecule has 0 heterocycles. The van der Waals surface area contributed by atoms with E-state index in [9.17, 15) is 0 Å². The molecule has 2 aromatic rings. The number of rotatable bonds is 8. The number of hydrogen-bond donors (Lipinski definition) is 0. The number of unbranched alkanes of at least 4 members (excludes halogenated alkanes) is 1. The third-order valence-electron chi connectivity index (χ3n) is 3.58. The highest BCUT2D eigenvalue weighted by Crippen LogP contribution is 2.29. The van der Waals surface area contributed by atoms with Crippen molar-refractivity contribution in [1.29, 1.82) is 0 Å². The second-order valence-electron chi connectivity index (χ2n) is 5.32. The minimum atomic E-state index is 0.865. The van der Waals surface area contributed by atoms with Gasteiger partial charge < -0.3 is 9.47 Å². The fourth-order valence-electron chi connectivity index (χ4n) is 2.12. The molecule has 0 bridgehead atoms. The Kier molecular flexibility index (Phi) is 7.54. The second kappa shape index (κ2) is 9.92. The van der Waals surface area contributed by atoms with Gasteiger partial charge in [-0.2, -0.15) is 0 Å². The van der Waals surface area contributed by atoms with E-state index in [4.69, 9.17) is 9.47 Å². The number of ether oxygens (including phenoxy) is 2. The molecule has 126 valence electrons. The monoisotopic (exact) mass is 340 g/mol. The van der Waals surface area contributed by atoms with Crippen LogP contribution in [0.3, 0.4) is 0 Å². The molecule has 0 atom stereocenters. The zero-order valence-corrected chi connectivity index (χ0v) is 15.4. The van der Waals surface area contributed by atoms with Crippen molar-refractivity contribution in [3.8, 4) is 11.5 Å². The topological polar surface area (TPSA) is 18.5 Å². The molecule has 2 rings (SSSR count). The van der Waals surface area contributed by atoms with Crippen LogP contribution in [0.4, 0.5) is 0 Å². The average molecular weight is 340 g/mol. The van der Waals surface area contributed by atoms with Gasteiger partial charge in [0.2, 0.25) is 0 Å². The first-order chi connectivity index (χ1) is 11.8. The highest BCUT2D eigenvalue weighted by Gasteiger charge is 2.02. The van der Waals surface area contributed by atoms with Crippen LogP contribution >= 0.6 is 11.8 Å². The molecule has 0 saturated heterocycles. The zero-order valence-electron chi connectivity index (χ0n) is 14.5. The van der Waals surface area contributed by atoms with Gasteiger partial charge in [-0.05, 0) is 65.8 Å². The normalized spacial score (nSPS) is 9.96. The van der Waals surface area contributed by atoms with Crippen LogP contribution in [0, 0.1) is 0 Å². The number of hydrogen-bond acceptors (Lipinski definition) is 3. The fourth-order valence-corrected chi connectivity index (χ4v) is 3.20. The number of thioether (sulfide) groups is 1. The number of benzene rings is 2. The van der Waals surface area contributed by atoms with Crippen LogP contribution in [0.2, 0.25) is 0 Å². The Labute approximate surface area is 149 Å². The van der Waals surface area contributed by atoms with E-state index < -0.39 is 0 Å². The Balaban J connectivity index is 2.26. The van der Waals surface area contributed by atoms with Crippen molar-refractivity contribution in [1.82, 2.24) is 0 Å². The van der Waals surface area contributed by atoms with Gasteiger partial charge in [-0.1, -0.05) is 25.5 Å². The molecule has 0 aromatic heterocycles. The van der Waals surface area contributed by atoms with Crippen molar-refractivity contribution in [3.05, 3.63) is 65.4 Å². The van der Waals surface area contributed by atoms with E-state index >= 15 is 0 Å². The molecule has 24 heavy (non-hydrogen) atoms. The summed E-state index contributed by atoms with van der Waals surface area (Å²) in [6, 6.07) is 16.2. The van der Waals surface area contributed by atoms with E-state index in [1.54, 1.807) is 14.2 Å². The van der Waals surface area contributed by atoms with Crippen molar-refractivity contribution >= 4 is 22.7 Å². The highest BCUT2D eigenvalue weighted by molar-refractivity contribution is 8.08. The van der Waals surface area contributed by atoms with Gasteiger partial charge >= 0.3 is 0 Å². The molecule has 0 aliphatic rings. The van der Waals surface area contributed by atoms with Crippen LogP contribution in [0.5, 0.6) is 11.5 Å². The van der Waals surface area contributed by atoms with E-state index in [0.717, 1.165) is 27.7 Å². The molecule has 0 aliphatic carbocycles. The van der Waals surface area contributed by atoms with Crippen LogP contribution in [0.15, 0.2) is 54.3 Å². The fraction of sp³-hybridized carbons (Fsp3) is 0.286. The minimum Gasteiger partial charge on any atom is -0.497 e. The molecule has 0 fully saturated rings. The Morgan fingerprint density at radius 1 is 0.958 bits per heavy atom. The van der Waals surface area contributed by atoms with Crippen LogP contribution in [-0.2, 0) is 0 Å². The van der Waals surface area contributed by atoms with Gasteiger partial charge in [-0.3, -0.25) is 0 Å². The smallest absolute Gasteiger partial charge is 0.118 e. The standard InChI is InChI=1S/C21H24O2S/c1-4-5-16-24-21(18-9-13-20(23-3)14-10-18)15-8-17-6-11-19(22-2)12-7-17/h6-14H,4-5,16H2,1-3H3. The van der Waals surface area contributed by atoms with Gasteiger partial charge in [0, 0.05) is 0 Å². The Morgan fingerprint density at radius 3 is 2.08 bits per heavy atom. The maximum Gasteiger partial charge on any atom is 0.118 e. The van der Waals surface area contributed by atoms with Crippen LogP contribution in [0.25, 0.3) is 11.0 Å². The van der Waals surface area contributed by atoms with E-state index in [2.05, 4.69) is 24.8 Å². The lowest BCUT2D eigenvalue weighted by Gasteiger charge is -2.06. The third-order valence-corrected chi connectivity index (χ3v) is 4.72. The summed E-state index contributed by atoms with van der Waals surface area (Å²) < 4.78 is 10.4. The van der Waals surface area contributed by atoms with Crippen molar-refractivity contribution in [2.24, 2.45) is 0 Å². The zero-order chi connectivity index (χ0) is 17.2. The maximum atomic E-state index is 5.24. The average Bonchev–Trinajstić information content (AvgIpc) is 2.65. The summed E-state index contributed by atoms with van der Waals surface area (Å²) >= 11 is 1.85. The Hall–Kier alpha value is -2.09. The van der Waals surface area contributed by atoms with E-state index in [1.165, 1.54) is 18.4 Å². The first-order valence-corrected chi connectivity index (χ1v) is 9.13. The first kappa shape index (κ1) is 18.3. The summed E-state index contributed by atoms with van der Waals surface area (Å²) in [5.41, 5.74) is 5.74.